The Bertz CT molecular complexity index is 947. The highest BCUT2D eigenvalue weighted by atomic mass is 35.5. The lowest BCUT2D eigenvalue weighted by atomic mass is 10.1. The molecule has 0 radical (unpaired) electrons. The fourth-order valence-electron chi connectivity index (χ4n) is 3.78. The van der Waals surface area contributed by atoms with Crippen LogP contribution in [0.2, 0.25) is 5.02 Å². The van der Waals surface area contributed by atoms with E-state index in [2.05, 4.69) is 10.6 Å². The van der Waals surface area contributed by atoms with Gasteiger partial charge in [0.25, 0.3) is 5.91 Å². The highest BCUT2D eigenvalue weighted by Gasteiger charge is 2.44. The van der Waals surface area contributed by atoms with Gasteiger partial charge in [0.2, 0.25) is 18.1 Å². The van der Waals surface area contributed by atoms with Gasteiger partial charge in [0.1, 0.15) is 24.3 Å². The van der Waals surface area contributed by atoms with E-state index >= 15 is 0 Å². The molecule has 2 aliphatic heterocycles. The molecule has 2 saturated heterocycles. The van der Waals surface area contributed by atoms with Crippen LogP contribution in [0.15, 0.2) is 18.2 Å². The first-order chi connectivity index (χ1) is 15.6. The van der Waals surface area contributed by atoms with E-state index in [1.165, 1.54) is 25.1 Å². The number of nitrogens with zero attached hydrogens (tertiary/aromatic N) is 1. The number of carbonyl (C=O) groups is 4. The summed E-state index contributed by atoms with van der Waals surface area (Å²) in [7, 11) is 0. The molecule has 3 amide bonds. The van der Waals surface area contributed by atoms with Gasteiger partial charge in [-0.05, 0) is 32.0 Å². The summed E-state index contributed by atoms with van der Waals surface area (Å²) in [5.74, 6) is -2.35. The van der Waals surface area contributed by atoms with Gasteiger partial charge in [0.05, 0.1) is 23.7 Å². The number of carbonyl (C=O) groups excluding carboxylic acids is 4. The van der Waals surface area contributed by atoms with Gasteiger partial charge in [0, 0.05) is 18.6 Å². The number of rotatable bonds is 7. The summed E-state index contributed by atoms with van der Waals surface area (Å²) in [5, 5.41) is 5.35. The predicted molar refractivity (Wildman–Crippen MR) is 116 cm³/mol. The van der Waals surface area contributed by atoms with Crippen molar-refractivity contribution >= 4 is 41.0 Å². The summed E-state index contributed by atoms with van der Waals surface area (Å²) in [4.78, 5) is 51.0. The first-order valence-electron chi connectivity index (χ1n) is 10.5. The minimum atomic E-state index is -1.41. The Morgan fingerprint density at radius 2 is 2.12 bits per heavy atom. The molecule has 10 nitrogen and oxygen atoms in total. The largest absolute Gasteiger partial charge is 0.433 e. The van der Waals surface area contributed by atoms with Crippen LogP contribution < -0.4 is 16.4 Å². The van der Waals surface area contributed by atoms with Crippen LogP contribution in [0.4, 0.5) is 10.1 Å². The average Bonchev–Trinajstić information content (AvgIpc) is 3.31. The molecule has 1 aromatic carbocycles. The SMILES string of the molecule is CCOC1OC(=O)C[C@@H]1NC(=O)[C@@H]1C[C@H](F)CN1C(=O)[C@H](C)NC(=O)c1ccc(N)c(Cl)c1. The molecule has 5 atom stereocenters. The number of likely N-dealkylation sites (tertiary alicyclic amines) is 1. The van der Waals surface area contributed by atoms with Crippen molar-refractivity contribution in [3.8, 4) is 0 Å². The number of alkyl halides is 1. The Labute approximate surface area is 194 Å². The van der Waals surface area contributed by atoms with Crippen molar-refractivity contribution in [1.29, 1.82) is 0 Å². The Hall–Kier alpha value is -2.92. The highest BCUT2D eigenvalue weighted by Crippen LogP contribution is 2.24. The van der Waals surface area contributed by atoms with Gasteiger partial charge in [0.15, 0.2) is 0 Å². The monoisotopic (exact) mass is 484 g/mol. The third-order valence-electron chi connectivity index (χ3n) is 5.44. The molecule has 3 rings (SSSR count). The van der Waals surface area contributed by atoms with E-state index in [4.69, 9.17) is 26.8 Å². The maximum absolute atomic E-state index is 14.2. The number of anilines is 1. The van der Waals surface area contributed by atoms with Crippen molar-refractivity contribution in [2.24, 2.45) is 0 Å². The first-order valence-corrected chi connectivity index (χ1v) is 10.9. The maximum Gasteiger partial charge on any atom is 0.310 e. The van der Waals surface area contributed by atoms with Crippen LogP contribution in [0.25, 0.3) is 0 Å². The zero-order valence-electron chi connectivity index (χ0n) is 18.2. The molecule has 0 bridgehead atoms. The number of esters is 1. The molecule has 1 aromatic rings. The van der Waals surface area contributed by atoms with E-state index in [1.54, 1.807) is 6.92 Å². The fourth-order valence-corrected chi connectivity index (χ4v) is 3.96. The zero-order valence-corrected chi connectivity index (χ0v) is 18.9. The van der Waals surface area contributed by atoms with E-state index in [9.17, 15) is 23.6 Å². The van der Waals surface area contributed by atoms with Gasteiger partial charge in [-0.15, -0.1) is 0 Å². The van der Waals surface area contributed by atoms with Crippen LogP contribution in [0.1, 0.15) is 37.0 Å². The van der Waals surface area contributed by atoms with E-state index in [1.807, 2.05) is 0 Å². The summed E-state index contributed by atoms with van der Waals surface area (Å²) in [6.07, 6.45) is -2.64. The molecular weight excluding hydrogens is 459 g/mol. The number of nitrogens with two attached hydrogens (primary N) is 1. The van der Waals surface area contributed by atoms with Crippen molar-refractivity contribution in [3.05, 3.63) is 28.8 Å². The van der Waals surface area contributed by atoms with Gasteiger partial charge in [-0.3, -0.25) is 19.2 Å². The van der Waals surface area contributed by atoms with Crippen LogP contribution in [0, 0.1) is 0 Å². The lowest BCUT2D eigenvalue weighted by molar-refractivity contribution is -0.164. The van der Waals surface area contributed by atoms with Gasteiger partial charge >= 0.3 is 5.97 Å². The van der Waals surface area contributed by atoms with Crippen LogP contribution in [0.3, 0.4) is 0 Å². The average molecular weight is 485 g/mol. The standard InChI is InChI=1S/C21H26ClFN4O6/c1-3-32-21-15(8-17(28)33-21)26-19(30)16-7-12(23)9-27(16)20(31)10(2)25-18(29)11-4-5-14(24)13(22)6-11/h4-6,10,12,15-16,21H,3,7-9,24H2,1-2H3,(H,25,29)(H,26,30)/t10-,12-,15-,16-,21?/m0/s1. The number of benzene rings is 1. The van der Waals surface area contributed by atoms with Crippen LogP contribution in [-0.2, 0) is 23.9 Å². The van der Waals surface area contributed by atoms with Crippen molar-refractivity contribution < 1.29 is 33.0 Å². The second-order valence-electron chi connectivity index (χ2n) is 7.90. The molecule has 33 heavy (non-hydrogen) atoms. The van der Waals surface area contributed by atoms with Crippen molar-refractivity contribution in [3.63, 3.8) is 0 Å². The summed E-state index contributed by atoms with van der Waals surface area (Å²) in [6, 6.07) is 1.40. The number of ether oxygens (including phenoxy) is 2. The third kappa shape index (κ3) is 5.72. The second-order valence-corrected chi connectivity index (χ2v) is 8.31. The van der Waals surface area contributed by atoms with Crippen molar-refractivity contribution in [1.82, 2.24) is 15.5 Å². The fraction of sp³-hybridized carbons (Fsp3) is 0.524. The van der Waals surface area contributed by atoms with Gasteiger partial charge in [-0.2, -0.15) is 0 Å². The molecule has 0 aliphatic carbocycles. The number of nitrogen functional groups attached to an aromatic ring is 1. The first kappa shape index (κ1) is 24.7. The Morgan fingerprint density at radius 1 is 1.39 bits per heavy atom. The van der Waals surface area contributed by atoms with E-state index in [0.717, 1.165) is 4.90 Å². The van der Waals surface area contributed by atoms with Crippen LogP contribution in [-0.4, -0.2) is 72.3 Å². The van der Waals surface area contributed by atoms with Crippen LogP contribution in [0.5, 0.6) is 0 Å². The third-order valence-corrected chi connectivity index (χ3v) is 5.77. The molecule has 1 unspecified atom stereocenters. The summed E-state index contributed by atoms with van der Waals surface area (Å²) >= 11 is 5.93. The molecule has 12 heteroatoms. The summed E-state index contributed by atoms with van der Waals surface area (Å²) < 4.78 is 24.5. The number of halogens is 2. The molecule has 0 spiro atoms. The lowest BCUT2D eigenvalue weighted by Crippen LogP contribution is -2.54. The van der Waals surface area contributed by atoms with Crippen molar-refractivity contribution in [2.75, 3.05) is 18.9 Å². The maximum atomic E-state index is 14.2. The molecule has 2 heterocycles. The number of nitrogens with one attached hydrogen (secondary N) is 2. The number of amides is 3. The predicted octanol–water partition coefficient (Wildman–Crippen LogP) is 0.774. The molecule has 180 valence electrons. The van der Waals surface area contributed by atoms with E-state index in [0.29, 0.717) is 5.69 Å². The Morgan fingerprint density at radius 3 is 2.79 bits per heavy atom. The van der Waals surface area contributed by atoms with Gasteiger partial charge in [-0.1, -0.05) is 11.6 Å². The highest BCUT2D eigenvalue weighted by molar-refractivity contribution is 6.33. The quantitative estimate of drug-likeness (QED) is 0.383. The topological polar surface area (TPSA) is 140 Å². The van der Waals surface area contributed by atoms with Crippen LogP contribution >= 0.6 is 11.6 Å². The second kappa shape index (κ2) is 10.3. The minimum Gasteiger partial charge on any atom is -0.433 e. The van der Waals surface area contributed by atoms with Gasteiger partial charge < -0.3 is 30.7 Å². The minimum absolute atomic E-state index is 0.0905. The molecule has 2 aliphatic rings. The molecule has 2 fully saturated rings. The Kier molecular flexibility index (Phi) is 7.75. The summed E-state index contributed by atoms with van der Waals surface area (Å²) in [5.41, 5.74) is 6.14. The number of hydrogen-bond acceptors (Lipinski definition) is 7. The summed E-state index contributed by atoms with van der Waals surface area (Å²) in [6.45, 7) is 3.12. The Balaban J connectivity index is 1.65. The van der Waals surface area contributed by atoms with Gasteiger partial charge in [-0.25, -0.2) is 4.39 Å². The number of hydrogen-bond donors (Lipinski definition) is 3. The van der Waals surface area contributed by atoms with Crippen molar-refractivity contribution in [2.45, 2.75) is 57.3 Å². The zero-order chi connectivity index (χ0) is 24.3. The number of cyclic esters (lactones) is 1. The normalized spacial score (nSPS) is 25.5. The molecular formula is C21H26ClFN4O6. The molecule has 0 aromatic heterocycles. The molecule has 4 N–H and O–H groups in total. The van der Waals surface area contributed by atoms with E-state index in [-0.39, 0.29) is 36.6 Å². The lowest BCUT2D eigenvalue weighted by Gasteiger charge is -2.28. The smallest absolute Gasteiger partial charge is 0.310 e. The van der Waals surface area contributed by atoms with E-state index < -0.39 is 54.3 Å². The molecule has 0 saturated carbocycles.